The van der Waals surface area contributed by atoms with Crippen LogP contribution in [0.3, 0.4) is 0 Å². The third kappa shape index (κ3) is 7.49. The van der Waals surface area contributed by atoms with Crippen molar-refractivity contribution in [1.82, 2.24) is 0 Å². The predicted octanol–water partition coefficient (Wildman–Crippen LogP) is 20.6. The van der Waals surface area contributed by atoms with Gasteiger partial charge in [-0.05, 0) is 162 Å². The van der Waals surface area contributed by atoms with Crippen molar-refractivity contribution in [1.29, 1.82) is 0 Å². The Hall–Kier alpha value is -9.28. The summed E-state index contributed by atoms with van der Waals surface area (Å²) in [6.45, 7) is 0. The number of hydrogen-bond acceptors (Lipinski definition) is 3. The Kier molecular flexibility index (Phi) is 10.4. The van der Waals surface area contributed by atoms with Gasteiger partial charge in [-0.3, -0.25) is 0 Å². The van der Waals surface area contributed by atoms with Crippen LogP contribution < -0.4 is 9.80 Å². The van der Waals surface area contributed by atoms with Gasteiger partial charge in [0.05, 0.1) is 5.69 Å². The Morgan fingerprint density at radius 1 is 0.205 bits per heavy atom. The third-order valence-corrected chi connectivity index (χ3v) is 15.8. The fourth-order valence-electron chi connectivity index (χ4n) is 11.1. The molecule has 342 valence electrons. The van der Waals surface area contributed by atoms with E-state index < -0.39 is 0 Å². The van der Waals surface area contributed by atoms with E-state index in [9.17, 15) is 0 Å². The van der Waals surface area contributed by atoms with Gasteiger partial charge >= 0.3 is 0 Å². The van der Waals surface area contributed by atoms with Gasteiger partial charge in [-0.1, -0.05) is 188 Å². The first-order chi connectivity index (χ1) is 36.2. The maximum Gasteiger partial charge on any atom is 0.0540 e. The summed E-state index contributed by atoms with van der Waals surface area (Å²) in [6.07, 6.45) is 0. The molecule has 73 heavy (non-hydrogen) atoms. The Labute approximate surface area is 428 Å². The summed E-state index contributed by atoms with van der Waals surface area (Å²) in [5.41, 5.74) is 13.8. The van der Waals surface area contributed by atoms with Gasteiger partial charge in [0.2, 0.25) is 0 Å². The molecule has 2 nitrogen and oxygen atoms in total. The first-order valence-corrected chi connectivity index (χ1v) is 25.8. The minimum absolute atomic E-state index is 1.08. The molecule has 0 amide bonds. The number of hydrogen-bond donors (Lipinski definition) is 0. The fraction of sp³-hybridized carbons (Fsp3) is 0. The Morgan fingerprint density at radius 3 is 1.15 bits per heavy atom. The number of thiophene rings is 1. The van der Waals surface area contributed by atoms with Crippen molar-refractivity contribution in [2.24, 2.45) is 0 Å². The van der Waals surface area contributed by atoms with E-state index in [-0.39, 0.29) is 0 Å². The second-order valence-electron chi connectivity index (χ2n) is 18.8. The smallest absolute Gasteiger partial charge is 0.0540 e. The Balaban J connectivity index is 0.852. The maximum absolute atomic E-state index is 2.38. The molecule has 0 unspecified atom stereocenters. The maximum atomic E-state index is 2.38. The van der Waals surface area contributed by atoms with E-state index in [0.717, 1.165) is 39.7 Å². The van der Waals surface area contributed by atoms with Crippen LogP contribution in [0.25, 0.3) is 96.6 Å². The molecule has 0 saturated heterocycles. The van der Waals surface area contributed by atoms with Crippen LogP contribution in [0.15, 0.2) is 279 Å². The number of nitrogens with zero attached hydrogens (tertiary/aromatic N) is 2. The lowest BCUT2D eigenvalue weighted by atomic mass is 9.92. The van der Waals surface area contributed by atoms with Gasteiger partial charge in [0.1, 0.15) is 0 Å². The predicted molar refractivity (Wildman–Crippen MR) is 315 cm³/mol. The van der Waals surface area contributed by atoms with Crippen LogP contribution in [-0.2, 0) is 0 Å². The van der Waals surface area contributed by atoms with Crippen LogP contribution >= 0.6 is 11.3 Å². The van der Waals surface area contributed by atoms with E-state index in [2.05, 4.69) is 289 Å². The third-order valence-electron chi connectivity index (χ3n) is 14.6. The van der Waals surface area contributed by atoms with Gasteiger partial charge in [-0.25, -0.2) is 0 Å². The average molecular weight is 947 g/mol. The first kappa shape index (κ1) is 42.6. The van der Waals surface area contributed by atoms with Crippen LogP contribution in [0.5, 0.6) is 0 Å². The molecule has 3 heteroatoms. The van der Waals surface area contributed by atoms with Gasteiger partial charge in [0, 0.05) is 54.0 Å². The summed E-state index contributed by atoms with van der Waals surface area (Å²) in [6, 6.07) is 102. The Morgan fingerprint density at radius 2 is 0.589 bits per heavy atom. The lowest BCUT2D eigenvalue weighted by molar-refractivity contribution is 1.28. The molecule has 0 aliphatic carbocycles. The summed E-state index contributed by atoms with van der Waals surface area (Å²) in [7, 11) is 0. The van der Waals surface area contributed by atoms with Crippen LogP contribution in [-0.4, -0.2) is 0 Å². The highest BCUT2D eigenvalue weighted by Crippen LogP contribution is 2.45. The molecule has 0 atom stereocenters. The molecular weight excluding hydrogens is 901 g/mol. The second-order valence-corrected chi connectivity index (χ2v) is 19.9. The van der Waals surface area contributed by atoms with Gasteiger partial charge in [0.25, 0.3) is 0 Å². The van der Waals surface area contributed by atoms with Crippen LogP contribution in [0.4, 0.5) is 34.1 Å². The largest absolute Gasteiger partial charge is 0.311 e. The summed E-state index contributed by atoms with van der Waals surface area (Å²) < 4.78 is 2.64. The van der Waals surface area contributed by atoms with Crippen molar-refractivity contribution in [3.63, 3.8) is 0 Å². The number of fused-ring (bicyclic) bond motifs is 10. The molecule has 0 fully saturated rings. The van der Waals surface area contributed by atoms with Crippen LogP contribution in [0.2, 0.25) is 0 Å². The van der Waals surface area contributed by atoms with E-state index in [1.54, 1.807) is 0 Å². The zero-order valence-electron chi connectivity index (χ0n) is 39.9. The van der Waals surface area contributed by atoms with Crippen molar-refractivity contribution in [3.8, 4) is 33.4 Å². The van der Waals surface area contributed by atoms with Crippen LogP contribution in [0, 0.1) is 0 Å². The SMILES string of the molecule is c1ccc(N(c2ccccc2)c2ccc(-c3ccc(N(c4ccc(-c5ccc6sc7ccccc7c6c5)cc4)c4ccc(-c5ccc6c7ccccc7c7ccccc7c6c5)cc4)cc3)c3ccccc23)cc1. The lowest BCUT2D eigenvalue weighted by Crippen LogP contribution is -2.10. The van der Waals surface area contributed by atoms with Crippen molar-refractivity contribution >= 4 is 109 Å². The zero-order chi connectivity index (χ0) is 48.2. The fourth-order valence-corrected chi connectivity index (χ4v) is 12.2. The summed E-state index contributed by atoms with van der Waals surface area (Å²) >= 11 is 1.86. The monoisotopic (exact) mass is 946 g/mol. The van der Waals surface area contributed by atoms with Crippen LogP contribution in [0.1, 0.15) is 0 Å². The molecule has 0 aliphatic rings. The lowest BCUT2D eigenvalue weighted by Gasteiger charge is -2.27. The Bertz CT molecular complexity index is 4280. The van der Waals surface area contributed by atoms with Crippen molar-refractivity contribution in [3.05, 3.63) is 279 Å². The highest BCUT2D eigenvalue weighted by molar-refractivity contribution is 7.25. The highest BCUT2D eigenvalue weighted by Gasteiger charge is 2.19. The molecule has 0 spiro atoms. The standard InChI is InChI=1S/C70H46N2S/c1-3-15-52(16-4-1)72(53-17-5-2-6-18-53)68-43-42-57(58-19-11-12-24-64(58)68)49-31-39-56(40-32-49)71(55-37-29-48(30-38-55)51-34-44-70-67(46-51)65-25-13-14-26-69(65)73-70)54-35-27-47(28-36-54)50-33-41-63-61-22-8-7-20-59(61)60-21-9-10-23-62(60)66(63)45-50/h1-46H. The number of anilines is 6. The van der Waals surface area contributed by atoms with E-state index >= 15 is 0 Å². The van der Waals surface area contributed by atoms with Crippen molar-refractivity contribution in [2.75, 3.05) is 9.80 Å². The molecule has 0 aliphatic heterocycles. The quantitative estimate of drug-likeness (QED) is 0.133. The average Bonchev–Trinajstić information content (AvgIpc) is 3.85. The van der Waals surface area contributed by atoms with E-state index in [0.29, 0.717) is 0 Å². The minimum Gasteiger partial charge on any atom is -0.311 e. The van der Waals surface area contributed by atoms with Crippen molar-refractivity contribution < 1.29 is 0 Å². The zero-order valence-corrected chi connectivity index (χ0v) is 40.7. The molecule has 0 bridgehead atoms. The molecule has 14 rings (SSSR count). The summed E-state index contributed by atoms with van der Waals surface area (Å²) in [5.74, 6) is 0. The van der Waals surface area contributed by atoms with Gasteiger partial charge < -0.3 is 9.80 Å². The molecule has 0 radical (unpaired) electrons. The molecule has 0 saturated carbocycles. The van der Waals surface area contributed by atoms with E-state index in [1.165, 1.54) is 91.1 Å². The molecule has 1 heterocycles. The normalized spacial score (nSPS) is 11.6. The van der Waals surface area contributed by atoms with E-state index in [1.807, 2.05) is 11.3 Å². The molecule has 0 N–H and O–H groups in total. The molecule has 1 aromatic heterocycles. The molecule has 13 aromatic carbocycles. The highest BCUT2D eigenvalue weighted by atomic mass is 32.1. The molecular formula is C70H46N2S. The van der Waals surface area contributed by atoms with Gasteiger partial charge in [0.15, 0.2) is 0 Å². The minimum atomic E-state index is 1.08. The summed E-state index contributed by atoms with van der Waals surface area (Å²) in [5, 5.41) is 12.7. The van der Waals surface area contributed by atoms with Gasteiger partial charge in [-0.15, -0.1) is 11.3 Å². The number of rotatable bonds is 9. The number of benzene rings is 13. The van der Waals surface area contributed by atoms with Gasteiger partial charge in [-0.2, -0.15) is 0 Å². The second kappa shape index (κ2) is 17.8. The van der Waals surface area contributed by atoms with E-state index in [4.69, 9.17) is 0 Å². The topological polar surface area (TPSA) is 6.48 Å². The molecule has 14 aromatic rings. The summed E-state index contributed by atoms with van der Waals surface area (Å²) in [4.78, 5) is 4.74. The van der Waals surface area contributed by atoms with Crippen molar-refractivity contribution in [2.45, 2.75) is 0 Å². The first-order valence-electron chi connectivity index (χ1n) is 25.0. The number of para-hydroxylation sites is 2.